The highest BCUT2D eigenvalue weighted by atomic mass is 16.5. The van der Waals surface area contributed by atoms with Gasteiger partial charge in [0.15, 0.2) is 0 Å². The lowest BCUT2D eigenvalue weighted by molar-refractivity contribution is 0.172. The van der Waals surface area contributed by atoms with Crippen LogP contribution in [0.3, 0.4) is 0 Å². The van der Waals surface area contributed by atoms with Gasteiger partial charge in [-0.3, -0.25) is 0 Å². The molecule has 0 aliphatic heterocycles. The Hall–Kier alpha value is -3.76. The third-order valence-corrected chi connectivity index (χ3v) is 5.15. The van der Waals surface area contributed by atoms with Crippen molar-refractivity contribution in [3.63, 3.8) is 0 Å². The lowest BCUT2D eigenvalue weighted by atomic mass is 10.1. The molecule has 0 spiro atoms. The van der Waals surface area contributed by atoms with Crippen molar-refractivity contribution < 1.29 is 18.9 Å². The minimum absolute atomic E-state index is 0.368. The molecule has 4 heteroatoms. The molecule has 4 aromatic carbocycles. The van der Waals surface area contributed by atoms with E-state index in [4.69, 9.17) is 18.9 Å². The van der Waals surface area contributed by atoms with Gasteiger partial charge in [-0.2, -0.15) is 0 Å². The largest absolute Gasteiger partial charge is 0.489 e. The van der Waals surface area contributed by atoms with Crippen LogP contribution in [0.1, 0.15) is 22.3 Å². The number of ether oxygens (including phenoxy) is 4. The maximum absolute atomic E-state index is 6.22. The second kappa shape index (κ2) is 11.7. The lowest BCUT2D eigenvalue weighted by Crippen LogP contribution is -2.05. The molecule has 0 fully saturated rings. The van der Waals surface area contributed by atoms with Gasteiger partial charge in [0, 0.05) is 19.2 Å². The zero-order valence-corrected chi connectivity index (χ0v) is 18.8. The van der Waals surface area contributed by atoms with Crippen LogP contribution in [0.4, 0.5) is 0 Å². The van der Waals surface area contributed by atoms with Crippen LogP contribution in [-0.2, 0) is 31.2 Å². The fourth-order valence-electron chi connectivity index (χ4n) is 3.43. The summed E-state index contributed by atoms with van der Waals surface area (Å²) in [5, 5.41) is 0. The predicted molar refractivity (Wildman–Crippen MR) is 129 cm³/mol. The topological polar surface area (TPSA) is 36.9 Å². The summed E-state index contributed by atoms with van der Waals surface area (Å²) in [5.41, 5.74) is 4.12. The summed E-state index contributed by atoms with van der Waals surface area (Å²) in [6.45, 7) is 1.71. The Labute approximate surface area is 195 Å². The highest BCUT2D eigenvalue weighted by molar-refractivity contribution is 5.50. The van der Waals surface area contributed by atoms with Crippen molar-refractivity contribution in [2.75, 3.05) is 7.11 Å². The zero-order valence-electron chi connectivity index (χ0n) is 18.8. The van der Waals surface area contributed by atoms with Gasteiger partial charge < -0.3 is 18.9 Å². The summed E-state index contributed by atoms with van der Waals surface area (Å²) in [5.74, 6) is 2.06. The van der Waals surface area contributed by atoms with Gasteiger partial charge in [-0.1, -0.05) is 91.0 Å². The van der Waals surface area contributed by atoms with Crippen LogP contribution in [0.15, 0.2) is 103 Å². The molecular weight excluding hydrogens is 412 g/mol. The molecule has 168 valence electrons. The number of methoxy groups -OCH3 is 1. The fraction of sp³-hybridized carbons (Fsp3) is 0.172. The van der Waals surface area contributed by atoms with Gasteiger partial charge in [-0.25, -0.2) is 0 Å². The molecule has 4 rings (SSSR count). The van der Waals surface area contributed by atoms with Crippen molar-refractivity contribution in [3.05, 3.63) is 125 Å². The molecular formula is C29H28O4. The highest BCUT2D eigenvalue weighted by Gasteiger charge is 2.16. The Morgan fingerprint density at radius 1 is 0.485 bits per heavy atom. The summed E-state index contributed by atoms with van der Waals surface area (Å²) in [6.07, 6.45) is 0. The predicted octanol–water partition coefficient (Wildman–Crippen LogP) is 6.57. The zero-order chi connectivity index (χ0) is 22.7. The van der Waals surface area contributed by atoms with E-state index in [2.05, 4.69) is 0 Å². The molecule has 0 saturated heterocycles. The molecule has 4 aromatic rings. The SMILES string of the molecule is COCc1c(OCc2ccccc2)cc(OCc2ccccc2)cc1OCc1ccccc1. The Morgan fingerprint density at radius 3 is 1.27 bits per heavy atom. The van der Waals surface area contributed by atoms with Gasteiger partial charge in [0.25, 0.3) is 0 Å². The molecule has 0 aromatic heterocycles. The van der Waals surface area contributed by atoms with Gasteiger partial charge in [0.05, 0.1) is 12.2 Å². The standard InChI is InChI=1S/C29H28O4/c1-30-22-27-28(32-20-24-13-7-3-8-14-24)17-26(31-19-23-11-5-2-6-12-23)18-29(27)33-21-25-15-9-4-10-16-25/h2-18H,19-22H2,1H3. The maximum Gasteiger partial charge on any atom is 0.132 e. The molecule has 0 aliphatic carbocycles. The van der Waals surface area contributed by atoms with E-state index in [0.29, 0.717) is 43.7 Å². The van der Waals surface area contributed by atoms with E-state index in [1.807, 2.05) is 103 Å². The van der Waals surface area contributed by atoms with Crippen LogP contribution >= 0.6 is 0 Å². The Kier molecular flexibility index (Phi) is 7.98. The van der Waals surface area contributed by atoms with Crippen molar-refractivity contribution >= 4 is 0 Å². The average molecular weight is 441 g/mol. The molecule has 0 aliphatic rings. The molecule has 0 N–H and O–H groups in total. The van der Waals surface area contributed by atoms with E-state index in [-0.39, 0.29) is 0 Å². The number of hydrogen-bond acceptors (Lipinski definition) is 4. The highest BCUT2D eigenvalue weighted by Crippen LogP contribution is 2.36. The minimum Gasteiger partial charge on any atom is -0.489 e. The normalized spacial score (nSPS) is 10.6. The fourth-order valence-corrected chi connectivity index (χ4v) is 3.43. The van der Waals surface area contributed by atoms with Gasteiger partial charge in [-0.15, -0.1) is 0 Å². The van der Waals surface area contributed by atoms with Crippen molar-refractivity contribution in [2.45, 2.75) is 26.4 Å². The molecule has 0 saturated carbocycles. The van der Waals surface area contributed by atoms with E-state index < -0.39 is 0 Å². The summed E-state index contributed by atoms with van der Waals surface area (Å²) >= 11 is 0. The van der Waals surface area contributed by atoms with Gasteiger partial charge in [0.2, 0.25) is 0 Å². The van der Waals surface area contributed by atoms with Crippen LogP contribution in [0, 0.1) is 0 Å². The average Bonchev–Trinajstić information content (AvgIpc) is 2.88. The van der Waals surface area contributed by atoms with Crippen LogP contribution < -0.4 is 14.2 Å². The van der Waals surface area contributed by atoms with Gasteiger partial charge in [-0.05, 0) is 16.7 Å². The van der Waals surface area contributed by atoms with Crippen molar-refractivity contribution in [1.29, 1.82) is 0 Å². The van der Waals surface area contributed by atoms with Crippen molar-refractivity contribution in [2.24, 2.45) is 0 Å². The Bertz CT molecular complexity index is 1050. The number of rotatable bonds is 11. The van der Waals surface area contributed by atoms with Crippen LogP contribution in [0.5, 0.6) is 17.2 Å². The summed E-state index contributed by atoms with van der Waals surface area (Å²) in [6, 6.07) is 34.1. The second-order valence-electron chi connectivity index (χ2n) is 7.65. The monoisotopic (exact) mass is 440 g/mol. The smallest absolute Gasteiger partial charge is 0.132 e. The van der Waals surface area contributed by atoms with E-state index >= 15 is 0 Å². The number of benzene rings is 4. The third kappa shape index (κ3) is 6.61. The summed E-state index contributed by atoms with van der Waals surface area (Å²) < 4.78 is 24.0. The first-order valence-corrected chi connectivity index (χ1v) is 11.0. The molecule has 0 heterocycles. The first kappa shape index (κ1) is 22.4. The van der Waals surface area contributed by atoms with Crippen LogP contribution in [-0.4, -0.2) is 7.11 Å². The molecule has 0 atom stereocenters. The molecule has 0 bridgehead atoms. The van der Waals surface area contributed by atoms with Gasteiger partial charge >= 0.3 is 0 Å². The van der Waals surface area contributed by atoms with E-state index in [0.717, 1.165) is 22.3 Å². The molecule has 0 unspecified atom stereocenters. The van der Waals surface area contributed by atoms with E-state index in [1.165, 1.54) is 0 Å². The van der Waals surface area contributed by atoms with Gasteiger partial charge in [0.1, 0.15) is 37.1 Å². The maximum atomic E-state index is 6.22. The number of hydrogen-bond donors (Lipinski definition) is 0. The van der Waals surface area contributed by atoms with Crippen LogP contribution in [0.25, 0.3) is 0 Å². The molecule has 0 radical (unpaired) electrons. The summed E-state index contributed by atoms with van der Waals surface area (Å²) in [7, 11) is 1.67. The van der Waals surface area contributed by atoms with E-state index in [9.17, 15) is 0 Å². The molecule has 4 nitrogen and oxygen atoms in total. The Balaban J connectivity index is 1.60. The van der Waals surface area contributed by atoms with E-state index in [1.54, 1.807) is 7.11 Å². The van der Waals surface area contributed by atoms with Crippen molar-refractivity contribution in [3.8, 4) is 17.2 Å². The Morgan fingerprint density at radius 2 is 0.879 bits per heavy atom. The summed E-state index contributed by atoms with van der Waals surface area (Å²) in [4.78, 5) is 0. The second-order valence-corrected chi connectivity index (χ2v) is 7.65. The third-order valence-electron chi connectivity index (χ3n) is 5.15. The first-order chi connectivity index (χ1) is 16.3. The molecule has 0 amide bonds. The molecule has 33 heavy (non-hydrogen) atoms. The quantitative estimate of drug-likeness (QED) is 0.264. The lowest BCUT2D eigenvalue weighted by Gasteiger charge is -2.18. The minimum atomic E-state index is 0.368. The van der Waals surface area contributed by atoms with Crippen molar-refractivity contribution in [1.82, 2.24) is 0 Å². The first-order valence-electron chi connectivity index (χ1n) is 11.0. The van der Waals surface area contributed by atoms with Crippen LogP contribution in [0.2, 0.25) is 0 Å².